The molecule has 21 heavy (non-hydrogen) atoms. The summed E-state index contributed by atoms with van der Waals surface area (Å²) in [7, 11) is 0. The molecule has 0 bridgehead atoms. The van der Waals surface area contributed by atoms with E-state index in [2.05, 4.69) is 28.2 Å². The van der Waals surface area contributed by atoms with Crippen molar-refractivity contribution < 1.29 is 4.79 Å². The predicted molar refractivity (Wildman–Crippen MR) is 90.1 cm³/mol. The number of nitrogens with one attached hydrogen (secondary N) is 1. The minimum atomic E-state index is -0.142. The highest BCUT2D eigenvalue weighted by atomic mass is 79.9. The van der Waals surface area contributed by atoms with E-state index in [4.69, 9.17) is 5.73 Å². The van der Waals surface area contributed by atoms with E-state index >= 15 is 0 Å². The molecule has 0 fully saturated rings. The second-order valence-electron chi connectivity index (χ2n) is 4.96. The Morgan fingerprint density at radius 2 is 1.95 bits per heavy atom. The summed E-state index contributed by atoms with van der Waals surface area (Å²) in [5, 5.41) is 3.08. The molecule has 1 amide bonds. The van der Waals surface area contributed by atoms with Gasteiger partial charge in [-0.15, -0.1) is 0 Å². The molecule has 0 spiro atoms. The standard InChI is InChI=1S/C17H19BrN2O/c1-2-6-16(12-7-4-3-5-8-12)20-17(21)14-11-13(18)9-10-15(14)19/h3-5,7-11,16H,2,6,19H2,1H3,(H,20,21). The van der Waals surface area contributed by atoms with Gasteiger partial charge in [0.15, 0.2) is 0 Å². The lowest BCUT2D eigenvalue weighted by atomic mass is 10.0. The summed E-state index contributed by atoms with van der Waals surface area (Å²) >= 11 is 3.37. The molecular formula is C17H19BrN2O. The second kappa shape index (κ2) is 7.27. The summed E-state index contributed by atoms with van der Waals surface area (Å²) in [6.07, 6.45) is 1.89. The van der Waals surface area contributed by atoms with Crippen LogP contribution >= 0.6 is 15.9 Å². The Kier molecular flexibility index (Phi) is 5.39. The largest absolute Gasteiger partial charge is 0.398 e. The molecule has 0 aliphatic carbocycles. The van der Waals surface area contributed by atoms with Crippen LogP contribution in [-0.2, 0) is 0 Å². The molecule has 0 aliphatic rings. The Hall–Kier alpha value is -1.81. The average molecular weight is 347 g/mol. The number of nitrogens with two attached hydrogens (primary N) is 1. The molecule has 0 aromatic heterocycles. The third-order valence-corrected chi connectivity index (χ3v) is 3.84. The molecule has 0 heterocycles. The van der Waals surface area contributed by atoms with Crippen molar-refractivity contribution in [2.45, 2.75) is 25.8 Å². The van der Waals surface area contributed by atoms with Gasteiger partial charge >= 0.3 is 0 Å². The van der Waals surface area contributed by atoms with Crippen molar-refractivity contribution in [2.24, 2.45) is 0 Å². The van der Waals surface area contributed by atoms with Crippen molar-refractivity contribution >= 4 is 27.5 Å². The van der Waals surface area contributed by atoms with E-state index in [9.17, 15) is 4.79 Å². The fraction of sp³-hybridized carbons (Fsp3) is 0.235. The first-order valence-corrected chi connectivity index (χ1v) is 7.82. The van der Waals surface area contributed by atoms with Gasteiger partial charge in [-0.3, -0.25) is 4.79 Å². The fourth-order valence-electron chi connectivity index (χ4n) is 2.26. The molecule has 2 aromatic rings. The topological polar surface area (TPSA) is 55.1 Å². The van der Waals surface area contributed by atoms with Crippen molar-refractivity contribution in [1.29, 1.82) is 0 Å². The van der Waals surface area contributed by atoms with E-state index in [-0.39, 0.29) is 11.9 Å². The van der Waals surface area contributed by atoms with Crippen LogP contribution in [0.4, 0.5) is 5.69 Å². The molecule has 3 N–H and O–H groups in total. The number of hydrogen-bond acceptors (Lipinski definition) is 2. The smallest absolute Gasteiger partial charge is 0.253 e. The molecule has 0 saturated carbocycles. The van der Waals surface area contributed by atoms with Gasteiger partial charge in [0.05, 0.1) is 11.6 Å². The van der Waals surface area contributed by atoms with Gasteiger partial charge in [0.25, 0.3) is 5.91 Å². The van der Waals surface area contributed by atoms with Crippen LogP contribution in [0.3, 0.4) is 0 Å². The molecule has 2 rings (SSSR count). The molecule has 1 unspecified atom stereocenters. The van der Waals surface area contributed by atoms with Crippen molar-refractivity contribution in [3.05, 3.63) is 64.1 Å². The van der Waals surface area contributed by atoms with Crippen molar-refractivity contribution in [1.82, 2.24) is 5.32 Å². The minimum Gasteiger partial charge on any atom is -0.398 e. The number of amides is 1. The van der Waals surface area contributed by atoms with Crippen molar-refractivity contribution in [3.8, 4) is 0 Å². The van der Waals surface area contributed by atoms with E-state index in [1.54, 1.807) is 12.1 Å². The highest BCUT2D eigenvalue weighted by molar-refractivity contribution is 9.10. The zero-order valence-corrected chi connectivity index (χ0v) is 13.6. The first-order valence-electron chi connectivity index (χ1n) is 7.02. The lowest BCUT2D eigenvalue weighted by molar-refractivity contribution is 0.0935. The first-order chi connectivity index (χ1) is 10.1. The number of carbonyl (C=O) groups is 1. The number of nitrogen functional groups attached to an aromatic ring is 1. The molecule has 0 saturated heterocycles. The minimum absolute atomic E-state index is 0.00193. The fourth-order valence-corrected chi connectivity index (χ4v) is 2.62. The number of halogens is 1. The van der Waals surface area contributed by atoms with Crippen LogP contribution in [0, 0.1) is 0 Å². The van der Waals surface area contributed by atoms with Crippen LogP contribution in [0.1, 0.15) is 41.7 Å². The van der Waals surface area contributed by atoms with Gasteiger partial charge in [0.1, 0.15) is 0 Å². The maximum atomic E-state index is 12.5. The third kappa shape index (κ3) is 4.08. The molecule has 0 aliphatic heterocycles. The number of anilines is 1. The summed E-state index contributed by atoms with van der Waals surface area (Å²) in [4.78, 5) is 12.5. The molecule has 2 aromatic carbocycles. The Morgan fingerprint density at radius 3 is 2.62 bits per heavy atom. The van der Waals surface area contributed by atoms with Crippen LogP contribution < -0.4 is 11.1 Å². The van der Waals surface area contributed by atoms with Gasteiger partial charge in [-0.2, -0.15) is 0 Å². The Labute approximate surface area is 133 Å². The highest BCUT2D eigenvalue weighted by Gasteiger charge is 2.16. The normalized spacial score (nSPS) is 11.9. The number of rotatable bonds is 5. The SMILES string of the molecule is CCCC(NC(=O)c1cc(Br)ccc1N)c1ccccc1. The van der Waals surface area contributed by atoms with Crippen LogP contribution in [0.5, 0.6) is 0 Å². The molecule has 3 nitrogen and oxygen atoms in total. The molecule has 110 valence electrons. The van der Waals surface area contributed by atoms with Crippen LogP contribution in [0.2, 0.25) is 0 Å². The van der Waals surface area contributed by atoms with Gasteiger partial charge in [0.2, 0.25) is 0 Å². The monoisotopic (exact) mass is 346 g/mol. The summed E-state index contributed by atoms with van der Waals surface area (Å²) in [5.74, 6) is -0.142. The quantitative estimate of drug-likeness (QED) is 0.792. The van der Waals surface area contributed by atoms with E-state index in [1.807, 2.05) is 36.4 Å². The second-order valence-corrected chi connectivity index (χ2v) is 5.87. The maximum absolute atomic E-state index is 12.5. The highest BCUT2D eigenvalue weighted by Crippen LogP contribution is 2.22. The number of hydrogen-bond donors (Lipinski definition) is 2. The zero-order valence-electron chi connectivity index (χ0n) is 12.0. The van der Waals surface area contributed by atoms with Gasteiger partial charge in [-0.05, 0) is 30.2 Å². The third-order valence-electron chi connectivity index (χ3n) is 3.34. The Bertz CT molecular complexity index is 613. The Morgan fingerprint density at radius 1 is 1.24 bits per heavy atom. The van der Waals surface area contributed by atoms with E-state index in [0.29, 0.717) is 11.3 Å². The Balaban J connectivity index is 2.20. The lowest BCUT2D eigenvalue weighted by Gasteiger charge is -2.19. The van der Waals surface area contributed by atoms with Gasteiger partial charge in [0, 0.05) is 10.2 Å². The number of benzene rings is 2. The number of carbonyl (C=O) groups excluding carboxylic acids is 1. The van der Waals surface area contributed by atoms with E-state index in [1.165, 1.54) is 0 Å². The average Bonchev–Trinajstić information content (AvgIpc) is 2.50. The summed E-state index contributed by atoms with van der Waals surface area (Å²) in [6, 6.07) is 15.3. The van der Waals surface area contributed by atoms with Gasteiger partial charge in [-0.25, -0.2) is 0 Å². The van der Waals surface area contributed by atoms with Gasteiger partial charge in [-0.1, -0.05) is 59.6 Å². The van der Waals surface area contributed by atoms with Gasteiger partial charge < -0.3 is 11.1 Å². The van der Waals surface area contributed by atoms with E-state index in [0.717, 1.165) is 22.9 Å². The lowest BCUT2D eigenvalue weighted by Crippen LogP contribution is -2.29. The van der Waals surface area contributed by atoms with Crippen molar-refractivity contribution in [3.63, 3.8) is 0 Å². The summed E-state index contributed by atoms with van der Waals surface area (Å²) in [6.45, 7) is 2.11. The van der Waals surface area contributed by atoms with Crippen LogP contribution in [0.25, 0.3) is 0 Å². The molecule has 4 heteroatoms. The summed E-state index contributed by atoms with van der Waals surface area (Å²) in [5.41, 5.74) is 8.00. The maximum Gasteiger partial charge on any atom is 0.253 e. The first kappa shape index (κ1) is 15.6. The predicted octanol–water partition coefficient (Wildman–Crippen LogP) is 4.30. The van der Waals surface area contributed by atoms with Crippen LogP contribution in [0.15, 0.2) is 53.0 Å². The van der Waals surface area contributed by atoms with Crippen LogP contribution in [-0.4, -0.2) is 5.91 Å². The zero-order chi connectivity index (χ0) is 15.2. The van der Waals surface area contributed by atoms with Crippen molar-refractivity contribution in [2.75, 3.05) is 5.73 Å². The summed E-state index contributed by atoms with van der Waals surface area (Å²) < 4.78 is 0.841. The molecular weight excluding hydrogens is 328 g/mol. The molecule has 1 atom stereocenters. The molecule has 0 radical (unpaired) electrons. The van der Waals surface area contributed by atoms with E-state index < -0.39 is 0 Å².